The number of aryl methyl sites for hydroxylation is 5. The normalized spacial score (nSPS) is 14.4. The molecule has 0 amide bonds. The number of piperazine rings is 1. The first-order chi connectivity index (χ1) is 19.0. The fraction of sp³-hybridized carbons (Fsp3) is 0.345. The number of rotatable bonds is 7. The zero-order valence-electron chi connectivity index (χ0n) is 23.8. The van der Waals surface area contributed by atoms with Crippen LogP contribution in [0.5, 0.6) is 11.6 Å². The van der Waals surface area contributed by atoms with Crippen LogP contribution in [0.2, 0.25) is 0 Å². The van der Waals surface area contributed by atoms with Crippen LogP contribution < -0.4 is 14.4 Å². The van der Waals surface area contributed by atoms with Crippen molar-refractivity contribution in [1.82, 2.24) is 24.6 Å². The molecule has 0 spiro atoms. The van der Waals surface area contributed by atoms with Gasteiger partial charge in [-0.1, -0.05) is 18.2 Å². The maximum Gasteiger partial charge on any atom is 0.267 e. The maximum atomic E-state index is 13.1. The van der Waals surface area contributed by atoms with Gasteiger partial charge >= 0.3 is 0 Å². The Balaban J connectivity index is 1.52. The minimum atomic E-state index is -3.96. The summed E-state index contributed by atoms with van der Waals surface area (Å²) in [6, 6.07) is 11.7. The molecule has 0 aliphatic carbocycles. The highest BCUT2D eigenvalue weighted by Crippen LogP contribution is 2.34. The van der Waals surface area contributed by atoms with Crippen LogP contribution in [0.15, 0.2) is 53.7 Å². The van der Waals surface area contributed by atoms with E-state index in [1.807, 2.05) is 44.2 Å². The van der Waals surface area contributed by atoms with Crippen molar-refractivity contribution in [2.75, 3.05) is 42.8 Å². The number of anilines is 2. The van der Waals surface area contributed by atoms with Gasteiger partial charge in [0.25, 0.3) is 10.0 Å². The van der Waals surface area contributed by atoms with Crippen molar-refractivity contribution in [3.05, 3.63) is 71.0 Å². The molecule has 0 bridgehead atoms. The predicted molar refractivity (Wildman–Crippen MR) is 157 cm³/mol. The van der Waals surface area contributed by atoms with E-state index in [1.54, 1.807) is 13.1 Å². The molecule has 2 aromatic heterocycles. The van der Waals surface area contributed by atoms with Crippen LogP contribution in [0.4, 0.5) is 11.6 Å². The van der Waals surface area contributed by atoms with E-state index in [0.717, 1.165) is 54.0 Å². The standard InChI is InChI=1S/C29H35N7O3S/c1-19-8-7-9-20(2)27(19)25-16-26(32-29(31-25)33-40(37,38)24-17-30-35(6)18-24)39-23-14-21(3)28(22(4)15-23)36-12-10-34(5)11-13-36/h7-9,14-18H,10-13H2,1-6H3,(H,31,32,33). The summed E-state index contributed by atoms with van der Waals surface area (Å²) in [4.78, 5) is 13.8. The molecule has 0 atom stereocenters. The Hall–Kier alpha value is -3.96. The number of nitrogens with one attached hydrogen (secondary N) is 1. The van der Waals surface area contributed by atoms with Gasteiger partial charge in [0.1, 0.15) is 10.6 Å². The summed E-state index contributed by atoms with van der Waals surface area (Å²) in [5, 5.41) is 3.97. The van der Waals surface area contributed by atoms with Gasteiger partial charge in [0, 0.05) is 56.7 Å². The molecule has 5 rings (SSSR count). The lowest BCUT2D eigenvalue weighted by Crippen LogP contribution is -2.45. The van der Waals surface area contributed by atoms with Crippen molar-refractivity contribution in [3.8, 4) is 22.9 Å². The summed E-state index contributed by atoms with van der Waals surface area (Å²) in [5.41, 5.74) is 6.93. The number of sulfonamides is 1. The van der Waals surface area contributed by atoms with Crippen molar-refractivity contribution < 1.29 is 13.2 Å². The van der Waals surface area contributed by atoms with Crippen LogP contribution in [-0.2, 0) is 17.1 Å². The summed E-state index contributed by atoms with van der Waals surface area (Å²) in [7, 11) is -0.158. The number of benzene rings is 2. The third kappa shape index (κ3) is 5.80. The average Bonchev–Trinajstić information content (AvgIpc) is 3.32. The number of ether oxygens (including phenoxy) is 1. The van der Waals surface area contributed by atoms with Crippen LogP contribution in [0.1, 0.15) is 22.3 Å². The molecule has 40 heavy (non-hydrogen) atoms. The number of nitrogens with zero attached hydrogens (tertiary/aromatic N) is 6. The number of aromatic nitrogens is 4. The summed E-state index contributed by atoms with van der Waals surface area (Å²) in [6.45, 7) is 12.2. The molecule has 10 nitrogen and oxygen atoms in total. The van der Waals surface area contributed by atoms with Crippen molar-refractivity contribution in [2.45, 2.75) is 32.6 Å². The largest absolute Gasteiger partial charge is 0.439 e. The lowest BCUT2D eigenvalue weighted by atomic mass is 10.00. The Morgan fingerprint density at radius 3 is 2.12 bits per heavy atom. The molecule has 0 saturated carbocycles. The Morgan fingerprint density at radius 1 is 0.875 bits per heavy atom. The molecule has 0 unspecified atom stereocenters. The minimum absolute atomic E-state index is 0.0179. The van der Waals surface area contributed by atoms with E-state index >= 15 is 0 Å². The highest BCUT2D eigenvalue weighted by molar-refractivity contribution is 7.92. The lowest BCUT2D eigenvalue weighted by molar-refractivity contribution is 0.312. The Bertz CT molecular complexity index is 1610. The lowest BCUT2D eigenvalue weighted by Gasteiger charge is -2.36. The van der Waals surface area contributed by atoms with Gasteiger partial charge in [-0.25, -0.2) is 18.1 Å². The van der Waals surface area contributed by atoms with Crippen molar-refractivity contribution >= 4 is 21.7 Å². The smallest absolute Gasteiger partial charge is 0.267 e. The first-order valence-electron chi connectivity index (χ1n) is 13.2. The molecular weight excluding hydrogens is 526 g/mol. The zero-order valence-corrected chi connectivity index (χ0v) is 24.6. The fourth-order valence-electron chi connectivity index (χ4n) is 5.21. The van der Waals surface area contributed by atoms with Gasteiger partial charge in [-0.05, 0) is 69.1 Å². The van der Waals surface area contributed by atoms with E-state index in [1.165, 1.54) is 22.8 Å². The van der Waals surface area contributed by atoms with E-state index in [-0.39, 0.29) is 16.7 Å². The van der Waals surface area contributed by atoms with E-state index < -0.39 is 10.0 Å². The van der Waals surface area contributed by atoms with E-state index in [9.17, 15) is 8.42 Å². The SMILES string of the molecule is Cc1cccc(C)c1-c1cc(Oc2cc(C)c(N3CCN(C)CC3)c(C)c2)nc(NS(=O)(=O)c2cnn(C)c2)n1. The third-order valence-electron chi connectivity index (χ3n) is 7.16. The van der Waals surface area contributed by atoms with Gasteiger partial charge in [0.15, 0.2) is 0 Å². The van der Waals surface area contributed by atoms with E-state index in [0.29, 0.717) is 11.4 Å². The molecule has 4 aromatic rings. The second-order valence-corrected chi connectivity index (χ2v) is 12.1. The minimum Gasteiger partial charge on any atom is -0.439 e. The molecule has 2 aromatic carbocycles. The molecule has 11 heteroatoms. The third-order valence-corrected chi connectivity index (χ3v) is 8.45. The molecule has 3 heterocycles. The maximum absolute atomic E-state index is 13.1. The second kappa shape index (κ2) is 10.9. The van der Waals surface area contributed by atoms with Crippen LogP contribution in [-0.4, -0.2) is 66.3 Å². The van der Waals surface area contributed by atoms with Crippen LogP contribution in [0.3, 0.4) is 0 Å². The van der Waals surface area contributed by atoms with Gasteiger partial charge in [0.05, 0.1) is 11.9 Å². The van der Waals surface area contributed by atoms with Gasteiger partial charge < -0.3 is 14.5 Å². The number of hydrogen-bond donors (Lipinski definition) is 1. The van der Waals surface area contributed by atoms with E-state index in [4.69, 9.17) is 4.74 Å². The van der Waals surface area contributed by atoms with E-state index in [2.05, 4.69) is 50.5 Å². The van der Waals surface area contributed by atoms with Gasteiger partial charge in [-0.3, -0.25) is 4.68 Å². The van der Waals surface area contributed by atoms with Crippen molar-refractivity contribution in [2.24, 2.45) is 7.05 Å². The molecule has 1 aliphatic heterocycles. The molecule has 1 N–H and O–H groups in total. The molecule has 0 radical (unpaired) electrons. The quantitative estimate of drug-likeness (QED) is 0.353. The average molecular weight is 562 g/mol. The highest BCUT2D eigenvalue weighted by Gasteiger charge is 2.22. The van der Waals surface area contributed by atoms with Gasteiger partial charge in [0.2, 0.25) is 11.8 Å². The zero-order chi connectivity index (χ0) is 28.6. The molecule has 1 aliphatic rings. The van der Waals surface area contributed by atoms with Crippen LogP contribution in [0, 0.1) is 27.7 Å². The Morgan fingerprint density at radius 2 is 1.52 bits per heavy atom. The topological polar surface area (TPSA) is 105 Å². The summed E-state index contributed by atoms with van der Waals surface area (Å²) in [5.74, 6) is 0.782. The number of hydrogen-bond acceptors (Lipinski definition) is 8. The molecular formula is C29H35N7O3S. The monoisotopic (exact) mass is 561 g/mol. The second-order valence-electron chi connectivity index (χ2n) is 10.4. The predicted octanol–water partition coefficient (Wildman–Crippen LogP) is 4.46. The van der Waals surface area contributed by atoms with Crippen molar-refractivity contribution in [3.63, 3.8) is 0 Å². The van der Waals surface area contributed by atoms with Crippen LogP contribution >= 0.6 is 0 Å². The van der Waals surface area contributed by atoms with Gasteiger partial charge in [-0.2, -0.15) is 10.1 Å². The number of likely N-dealkylation sites (N-methyl/N-ethyl adjacent to an activating group) is 1. The summed E-state index contributed by atoms with van der Waals surface area (Å²) in [6.07, 6.45) is 2.70. The Labute approximate surface area is 235 Å². The first-order valence-corrected chi connectivity index (χ1v) is 14.7. The Kier molecular flexibility index (Phi) is 7.52. The summed E-state index contributed by atoms with van der Waals surface area (Å²) >= 11 is 0. The molecule has 1 fully saturated rings. The highest BCUT2D eigenvalue weighted by atomic mass is 32.2. The first kappa shape index (κ1) is 27.6. The molecule has 210 valence electrons. The molecule has 1 saturated heterocycles. The van der Waals surface area contributed by atoms with Crippen LogP contribution in [0.25, 0.3) is 11.3 Å². The summed E-state index contributed by atoms with van der Waals surface area (Å²) < 4.78 is 36.4. The van der Waals surface area contributed by atoms with Gasteiger partial charge in [-0.15, -0.1) is 0 Å². The fourth-order valence-corrected chi connectivity index (χ4v) is 6.14. The van der Waals surface area contributed by atoms with Crippen molar-refractivity contribution in [1.29, 1.82) is 0 Å².